The van der Waals surface area contributed by atoms with E-state index in [-0.39, 0.29) is 24.2 Å². The molecule has 1 fully saturated rings. The number of nitrogen functional groups attached to an aromatic ring is 1. The van der Waals surface area contributed by atoms with Crippen LogP contribution in [0.3, 0.4) is 0 Å². The molecule has 1 aromatic carbocycles. The Morgan fingerprint density at radius 2 is 2.05 bits per heavy atom. The molecule has 0 saturated heterocycles. The maximum atomic E-state index is 12.2. The van der Waals surface area contributed by atoms with E-state index >= 15 is 0 Å². The van der Waals surface area contributed by atoms with Crippen LogP contribution in [0.5, 0.6) is 0 Å². The number of nitrogens with zero attached hydrogens (tertiary/aromatic N) is 1. The van der Waals surface area contributed by atoms with Crippen molar-refractivity contribution in [3.8, 4) is 0 Å². The van der Waals surface area contributed by atoms with E-state index in [1.807, 2.05) is 12.1 Å². The van der Waals surface area contributed by atoms with Crippen molar-refractivity contribution in [1.82, 2.24) is 4.98 Å². The van der Waals surface area contributed by atoms with E-state index in [0.717, 1.165) is 6.42 Å². The van der Waals surface area contributed by atoms with Gasteiger partial charge in [-0.2, -0.15) is 0 Å². The summed E-state index contributed by atoms with van der Waals surface area (Å²) in [5, 5.41) is 2.89. The molecule has 4 nitrogen and oxygen atoms in total. The molecule has 0 radical (unpaired) electrons. The third kappa shape index (κ3) is 3.34. The van der Waals surface area contributed by atoms with Gasteiger partial charge in [0.05, 0.1) is 11.9 Å². The SMILES string of the molecule is Cc1ccccc1C1CC1C(=O)Nc1ccc(N)nc1.Cl. The Hall–Kier alpha value is -2.07. The fraction of sp³-hybridized carbons (Fsp3) is 0.250. The molecule has 0 bridgehead atoms. The second-order valence-corrected chi connectivity index (χ2v) is 5.27. The smallest absolute Gasteiger partial charge is 0.228 e. The molecule has 1 aliphatic carbocycles. The molecule has 2 atom stereocenters. The third-order valence-corrected chi connectivity index (χ3v) is 3.77. The van der Waals surface area contributed by atoms with Crippen LogP contribution in [0.15, 0.2) is 42.6 Å². The number of anilines is 2. The molecule has 1 saturated carbocycles. The highest BCUT2D eigenvalue weighted by molar-refractivity contribution is 5.95. The molecular weight excluding hydrogens is 286 g/mol. The van der Waals surface area contributed by atoms with Gasteiger partial charge in [-0.15, -0.1) is 12.4 Å². The number of hydrogen-bond donors (Lipinski definition) is 2. The maximum Gasteiger partial charge on any atom is 0.228 e. The summed E-state index contributed by atoms with van der Waals surface area (Å²) >= 11 is 0. The summed E-state index contributed by atoms with van der Waals surface area (Å²) in [7, 11) is 0. The maximum absolute atomic E-state index is 12.2. The summed E-state index contributed by atoms with van der Waals surface area (Å²) in [5.74, 6) is 0.920. The minimum Gasteiger partial charge on any atom is -0.384 e. The van der Waals surface area contributed by atoms with Crippen LogP contribution in [0, 0.1) is 12.8 Å². The van der Waals surface area contributed by atoms with Crippen LogP contribution in [-0.2, 0) is 4.79 Å². The van der Waals surface area contributed by atoms with Gasteiger partial charge in [0.15, 0.2) is 0 Å². The first kappa shape index (κ1) is 15.3. The number of hydrogen-bond acceptors (Lipinski definition) is 3. The fourth-order valence-electron chi connectivity index (χ4n) is 2.55. The van der Waals surface area contributed by atoms with Gasteiger partial charge in [0.2, 0.25) is 5.91 Å². The van der Waals surface area contributed by atoms with Crippen LogP contribution in [0.25, 0.3) is 0 Å². The highest BCUT2D eigenvalue weighted by Gasteiger charge is 2.44. The molecule has 3 N–H and O–H groups in total. The molecular formula is C16H18ClN3O. The standard InChI is InChI=1S/C16H17N3O.ClH/c1-10-4-2-3-5-12(10)13-8-14(13)16(20)19-11-6-7-15(17)18-9-11;/h2-7,9,13-14H,8H2,1H3,(H2,17,18)(H,19,20);1H. The molecule has 5 heteroatoms. The van der Waals surface area contributed by atoms with Crippen molar-refractivity contribution in [2.75, 3.05) is 11.1 Å². The van der Waals surface area contributed by atoms with E-state index in [4.69, 9.17) is 5.73 Å². The number of rotatable bonds is 3. The van der Waals surface area contributed by atoms with Gasteiger partial charge in [-0.3, -0.25) is 4.79 Å². The highest BCUT2D eigenvalue weighted by atomic mass is 35.5. The van der Waals surface area contributed by atoms with Crippen LogP contribution in [0.2, 0.25) is 0 Å². The second kappa shape index (κ2) is 6.14. The first-order valence-electron chi connectivity index (χ1n) is 6.73. The van der Waals surface area contributed by atoms with Crippen molar-refractivity contribution in [3.05, 3.63) is 53.7 Å². The molecule has 1 aliphatic rings. The largest absolute Gasteiger partial charge is 0.384 e. The topological polar surface area (TPSA) is 68.0 Å². The van der Waals surface area contributed by atoms with Crippen LogP contribution in [0.4, 0.5) is 11.5 Å². The van der Waals surface area contributed by atoms with Crippen molar-refractivity contribution >= 4 is 29.8 Å². The molecule has 21 heavy (non-hydrogen) atoms. The molecule has 2 aromatic rings. The zero-order valence-corrected chi connectivity index (χ0v) is 12.6. The lowest BCUT2D eigenvalue weighted by Gasteiger charge is -2.06. The number of carbonyl (C=O) groups excluding carboxylic acids is 1. The van der Waals surface area contributed by atoms with Crippen molar-refractivity contribution < 1.29 is 4.79 Å². The van der Waals surface area contributed by atoms with Crippen molar-refractivity contribution in [1.29, 1.82) is 0 Å². The monoisotopic (exact) mass is 303 g/mol. The Morgan fingerprint density at radius 1 is 1.29 bits per heavy atom. The number of pyridine rings is 1. The minimum atomic E-state index is 0. The number of aromatic nitrogens is 1. The number of nitrogens with two attached hydrogens (primary N) is 1. The number of carbonyl (C=O) groups is 1. The van der Waals surface area contributed by atoms with E-state index in [9.17, 15) is 4.79 Å². The summed E-state index contributed by atoms with van der Waals surface area (Å²) in [4.78, 5) is 16.2. The zero-order valence-electron chi connectivity index (χ0n) is 11.7. The molecule has 110 valence electrons. The van der Waals surface area contributed by atoms with E-state index in [1.54, 1.807) is 18.3 Å². The Morgan fingerprint density at radius 3 is 2.71 bits per heavy atom. The summed E-state index contributed by atoms with van der Waals surface area (Å²) < 4.78 is 0. The molecule has 2 unspecified atom stereocenters. The molecule has 0 spiro atoms. The van der Waals surface area contributed by atoms with Gasteiger partial charge in [0.1, 0.15) is 5.82 Å². The van der Waals surface area contributed by atoms with Gasteiger partial charge >= 0.3 is 0 Å². The number of aryl methyl sites for hydroxylation is 1. The molecule has 0 aliphatic heterocycles. The molecule has 1 heterocycles. The van der Waals surface area contributed by atoms with Gasteiger partial charge < -0.3 is 11.1 Å². The van der Waals surface area contributed by atoms with Crippen molar-refractivity contribution in [3.63, 3.8) is 0 Å². The van der Waals surface area contributed by atoms with Crippen LogP contribution >= 0.6 is 12.4 Å². The minimum absolute atomic E-state index is 0. The third-order valence-electron chi connectivity index (χ3n) is 3.77. The first-order chi connectivity index (χ1) is 9.65. The lowest BCUT2D eigenvalue weighted by molar-refractivity contribution is -0.117. The average Bonchev–Trinajstić information content (AvgIpc) is 3.22. The fourth-order valence-corrected chi connectivity index (χ4v) is 2.55. The van der Waals surface area contributed by atoms with Gasteiger partial charge in [0, 0.05) is 5.92 Å². The zero-order chi connectivity index (χ0) is 14.1. The molecule has 3 rings (SSSR count). The first-order valence-corrected chi connectivity index (χ1v) is 6.73. The van der Waals surface area contributed by atoms with E-state index in [1.165, 1.54) is 11.1 Å². The van der Waals surface area contributed by atoms with E-state index in [0.29, 0.717) is 17.4 Å². The Kier molecular flexibility index (Phi) is 4.48. The van der Waals surface area contributed by atoms with Crippen LogP contribution in [-0.4, -0.2) is 10.9 Å². The molecule has 1 aromatic heterocycles. The van der Waals surface area contributed by atoms with Gasteiger partial charge in [0.25, 0.3) is 0 Å². The number of benzene rings is 1. The van der Waals surface area contributed by atoms with Crippen LogP contribution < -0.4 is 11.1 Å². The van der Waals surface area contributed by atoms with Gasteiger partial charge in [-0.1, -0.05) is 24.3 Å². The number of amides is 1. The Bertz CT molecular complexity index is 642. The summed E-state index contributed by atoms with van der Waals surface area (Å²) in [6.45, 7) is 2.09. The van der Waals surface area contributed by atoms with Crippen molar-refractivity contribution in [2.24, 2.45) is 5.92 Å². The molecule has 1 amide bonds. The highest BCUT2D eigenvalue weighted by Crippen LogP contribution is 2.48. The summed E-state index contributed by atoms with van der Waals surface area (Å²) in [6.07, 6.45) is 2.50. The van der Waals surface area contributed by atoms with Crippen LogP contribution in [0.1, 0.15) is 23.5 Å². The van der Waals surface area contributed by atoms with Gasteiger partial charge in [-0.05, 0) is 42.5 Å². The summed E-state index contributed by atoms with van der Waals surface area (Å²) in [6, 6.07) is 11.7. The Balaban J connectivity index is 0.00000161. The Labute approximate surface area is 130 Å². The van der Waals surface area contributed by atoms with Gasteiger partial charge in [-0.25, -0.2) is 4.98 Å². The summed E-state index contributed by atoms with van der Waals surface area (Å²) in [5.41, 5.74) is 8.75. The number of halogens is 1. The number of nitrogens with one attached hydrogen (secondary N) is 1. The second-order valence-electron chi connectivity index (χ2n) is 5.27. The average molecular weight is 304 g/mol. The van der Waals surface area contributed by atoms with Crippen molar-refractivity contribution in [2.45, 2.75) is 19.3 Å². The lowest BCUT2D eigenvalue weighted by Crippen LogP contribution is -2.14. The predicted molar refractivity (Wildman–Crippen MR) is 86.6 cm³/mol. The predicted octanol–water partition coefficient (Wildman–Crippen LogP) is 3.14. The quantitative estimate of drug-likeness (QED) is 0.915. The normalized spacial score (nSPS) is 19.5. The lowest BCUT2D eigenvalue weighted by atomic mass is 10.0. The van der Waals surface area contributed by atoms with E-state index < -0.39 is 0 Å². The van der Waals surface area contributed by atoms with E-state index in [2.05, 4.69) is 29.4 Å².